The average molecular weight is 791 g/mol. The summed E-state index contributed by atoms with van der Waals surface area (Å²) in [5.74, 6) is 0. The summed E-state index contributed by atoms with van der Waals surface area (Å²) >= 11 is 0. The average Bonchev–Trinajstić information content (AvgIpc) is 3.69. The first-order valence-electron chi connectivity index (χ1n) is 21.6. The third-order valence-corrected chi connectivity index (χ3v) is 12.8. The fourth-order valence-corrected chi connectivity index (χ4v) is 9.89. The summed E-state index contributed by atoms with van der Waals surface area (Å²) < 4.78 is 2.40. The number of rotatable bonds is 7. The molecule has 0 fully saturated rings. The molecule has 0 saturated carbocycles. The van der Waals surface area contributed by atoms with E-state index in [2.05, 4.69) is 240 Å². The predicted octanol–water partition coefficient (Wildman–Crippen LogP) is 16.5. The minimum atomic E-state index is 0.920. The van der Waals surface area contributed by atoms with Crippen LogP contribution in [0.3, 0.4) is 0 Å². The Morgan fingerprint density at radius 2 is 1.05 bits per heavy atom. The van der Waals surface area contributed by atoms with E-state index in [1.54, 1.807) is 0 Å². The molecule has 1 aromatic heterocycles. The van der Waals surface area contributed by atoms with Gasteiger partial charge < -0.3 is 9.47 Å². The molecule has 62 heavy (non-hydrogen) atoms. The standard InChI is InChI=1S/C60H42N2/c1-2-19-49(20-3-1)62-58-26-11-9-23-56(58)60-55(24-13-27-59(60)62)47-18-12-17-46(39-47)54-22-8-10-25-57(54)61(51-36-32-41-14-4-5-16-44(41)40-51)50-34-30-42(31-35-50)45-33-37-53-48(38-45)29-28-43-15-6-7-21-52(43)53/h1-9,11-24,26-40H,10,25H2. The first-order valence-corrected chi connectivity index (χ1v) is 21.6. The molecule has 0 N–H and O–H groups in total. The van der Waals surface area contributed by atoms with Gasteiger partial charge in [0.15, 0.2) is 0 Å². The van der Waals surface area contributed by atoms with Gasteiger partial charge in [0.25, 0.3) is 0 Å². The van der Waals surface area contributed by atoms with Gasteiger partial charge in [-0.15, -0.1) is 0 Å². The zero-order chi connectivity index (χ0) is 41.0. The number of aromatic nitrogens is 1. The van der Waals surface area contributed by atoms with Crippen molar-refractivity contribution in [2.24, 2.45) is 0 Å². The summed E-state index contributed by atoms with van der Waals surface area (Å²) in [4.78, 5) is 2.50. The smallest absolute Gasteiger partial charge is 0.0547 e. The molecule has 0 radical (unpaired) electrons. The van der Waals surface area contributed by atoms with Gasteiger partial charge in [0.1, 0.15) is 0 Å². The number of fused-ring (bicyclic) bond motifs is 7. The number of anilines is 2. The van der Waals surface area contributed by atoms with Crippen LogP contribution in [-0.4, -0.2) is 4.57 Å². The molecular weight excluding hydrogens is 749 g/mol. The minimum Gasteiger partial charge on any atom is -0.314 e. The highest BCUT2D eigenvalue weighted by Gasteiger charge is 2.23. The molecule has 0 saturated heterocycles. The Hall–Kier alpha value is -7.94. The SMILES string of the molecule is C1=CC(c2cccc(-c3cccc4c3c3ccccc3n4-c3ccccc3)c2)=C(N(c2ccc(-c3ccc4c(ccc5ccccc54)c3)cc2)c2ccc3ccccc3c2)CC1. The molecule has 1 heterocycles. The maximum absolute atomic E-state index is 2.50. The molecular formula is C60H42N2. The van der Waals surface area contributed by atoms with Gasteiger partial charge in [-0.2, -0.15) is 0 Å². The lowest BCUT2D eigenvalue weighted by atomic mass is 9.91. The molecule has 1 aliphatic carbocycles. The van der Waals surface area contributed by atoms with Gasteiger partial charge in [0.05, 0.1) is 11.0 Å². The topological polar surface area (TPSA) is 8.17 Å². The lowest BCUT2D eigenvalue weighted by molar-refractivity contribution is 0.924. The number of hydrogen-bond donors (Lipinski definition) is 0. The second-order valence-electron chi connectivity index (χ2n) is 16.4. The summed E-state index contributed by atoms with van der Waals surface area (Å²) in [7, 11) is 0. The molecule has 292 valence electrons. The highest BCUT2D eigenvalue weighted by Crippen LogP contribution is 2.43. The van der Waals surface area contributed by atoms with Crippen molar-refractivity contribution in [3.05, 3.63) is 242 Å². The van der Waals surface area contributed by atoms with Crippen LogP contribution in [0.4, 0.5) is 11.4 Å². The van der Waals surface area contributed by atoms with Crippen molar-refractivity contribution in [1.82, 2.24) is 4.57 Å². The second kappa shape index (κ2) is 15.0. The van der Waals surface area contributed by atoms with Crippen molar-refractivity contribution >= 4 is 71.1 Å². The van der Waals surface area contributed by atoms with Crippen LogP contribution in [0, 0.1) is 0 Å². The van der Waals surface area contributed by atoms with E-state index in [4.69, 9.17) is 0 Å². The summed E-state index contributed by atoms with van der Waals surface area (Å²) in [6, 6.07) is 80.2. The summed E-state index contributed by atoms with van der Waals surface area (Å²) in [5, 5.41) is 10.1. The molecule has 0 amide bonds. The van der Waals surface area contributed by atoms with Crippen molar-refractivity contribution in [2.45, 2.75) is 12.8 Å². The van der Waals surface area contributed by atoms with Crippen molar-refractivity contribution in [3.8, 4) is 27.9 Å². The van der Waals surface area contributed by atoms with Gasteiger partial charge >= 0.3 is 0 Å². The predicted molar refractivity (Wildman–Crippen MR) is 264 cm³/mol. The van der Waals surface area contributed by atoms with E-state index in [0.717, 1.165) is 24.2 Å². The molecule has 0 bridgehead atoms. The van der Waals surface area contributed by atoms with Gasteiger partial charge in [-0.25, -0.2) is 0 Å². The van der Waals surface area contributed by atoms with E-state index in [9.17, 15) is 0 Å². The Morgan fingerprint density at radius 3 is 1.94 bits per heavy atom. The van der Waals surface area contributed by atoms with Crippen molar-refractivity contribution in [2.75, 3.05) is 4.90 Å². The van der Waals surface area contributed by atoms with Crippen LogP contribution in [-0.2, 0) is 0 Å². The van der Waals surface area contributed by atoms with E-state index in [1.807, 2.05) is 0 Å². The maximum atomic E-state index is 2.50. The zero-order valence-electron chi connectivity index (χ0n) is 34.2. The Bertz CT molecular complexity index is 3570. The molecule has 0 unspecified atom stereocenters. The van der Waals surface area contributed by atoms with Crippen molar-refractivity contribution in [1.29, 1.82) is 0 Å². The van der Waals surface area contributed by atoms with Crippen LogP contribution in [0.1, 0.15) is 18.4 Å². The number of nitrogens with zero attached hydrogens (tertiary/aromatic N) is 2. The van der Waals surface area contributed by atoms with E-state index in [1.165, 1.54) is 98.9 Å². The third-order valence-electron chi connectivity index (χ3n) is 12.8. The molecule has 0 aliphatic heterocycles. The van der Waals surface area contributed by atoms with Gasteiger partial charge in [0.2, 0.25) is 0 Å². The van der Waals surface area contributed by atoms with Gasteiger partial charge in [-0.3, -0.25) is 0 Å². The van der Waals surface area contributed by atoms with Crippen molar-refractivity contribution < 1.29 is 0 Å². The van der Waals surface area contributed by atoms with Crippen LogP contribution in [0.5, 0.6) is 0 Å². The summed E-state index contributed by atoms with van der Waals surface area (Å²) in [5.41, 5.74) is 14.5. The second-order valence-corrected chi connectivity index (χ2v) is 16.4. The monoisotopic (exact) mass is 790 g/mol. The molecule has 12 rings (SSSR count). The minimum absolute atomic E-state index is 0.920. The normalized spacial score (nSPS) is 12.9. The first-order chi connectivity index (χ1) is 30.7. The Labute approximate surface area is 361 Å². The first kappa shape index (κ1) is 36.0. The van der Waals surface area contributed by atoms with Gasteiger partial charge in [0, 0.05) is 39.1 Å². The highest BCUT2D eigenvalue weighted by atomic mass is 15.2. The van der Waals surface area contributed by atoms with Gasteiger partial charge in [-0.1, -0.05) is 170 Å². The fraction of sp³-hybridized carbons (Fsp3) is 0.0333. The molecule has 10 aromatic carbocycles. The van der Waals surface area contributed by atoms with Gasteiger partial charge in [-0.05, 0) is 134 Å². The number of allylic oxidation sites excluding steroid dienone is 4. The number of hydrogen-bond acceptors (Lipinski definition) is 1. The fourth-order valence-electron chi connectivity index (χ4n) is 9.89. The molecule has 1 aliphatic rings. The largest absolute Gasteiger partial charge is 0.314 e. The van der Waals surface area contributed by atoms with E-state index in [0.29, 0.717) is 0 Å². The maximum Gasteiger partial charge on any atom is 0.0547 e. The Morgan fingerprint density at radius 1 is 0.387 bits per heavy atom. The lowest BCUT2D eigenvalue weighted by Gasteiger charge is -2.32. The molecule has 11 aromatic rings. The van der Waals surface area contributed by atoms with Crippen molar-refractivity contribution in [3.63, 3.8) is 0 Å². The molecule has 0 spiro atoms. The van der Waals surface area contributed by atoms with E-state index in [-0.39, 0.29) is 0 Å². The van der Waals surface area contributed by atoms with Crippen LogP contribution in [0.25, 0.3) is 87.6 Å². The number of benzene rings is 10. The third kappa shape index (κ3) is 6.11. The zero-order valence-corrected chi connectivity index (χ0v) is 34.2. The van der Waals surface area contributed by atoms with E-state index >= 15 is 0 Å². The lowest BCUT2D eigenvalue weighted by Crippen LogP contribution is -2.19. The number of para-hydroxylation sites is 2. The van der Waals surface area contributed by atoms with Crippen LogP contribution >= 0.6 is 0 Å². The van der Waals surface area contributed by atoms with Crippen LogP contribution in [0.15, 0.2) is 236 Å². The molecule has 2 nitrogen and oxygen atoms in total. The highest BCUT2D eigenvalue weighted by molar-refractivity contribution is 6.16. The van der Waals surface area contributed by atoms with E-state index < -0.39 is 0 Å². The quantitative estimate of drug-likeness (QED) is 0.146. The Balaban J connectivity index is 0.991. The Kier molecular flexibility index (Phi) is 8.67. The summed E-state index contributed by atoms with van der Waals surface area (Å²) in [6.45, 7) is 0. The van der Waals surface area contributed by atoms with Crippen LogP contribution in [0.2, 0.25) is 0 Å². The van der Waals surface area contributed by atoms with Crippen LogP contribution < -0.4 is 4.90 Å². The summed E-state index contributed by atoms with van der Waals surface area (Å²) in [6.07, 6.45) is 6.58. The molecule has 0 atom stereocenters. The molecule has 2 heteroatoms.